The Kier molecular flexibility index (Phi) is 5.54. The van der Waals surface area contributed by atoms with Crippen molar-refractivity contribution >= 4 is 11.6 Å². The van der Waals surface area contributed by atoms with E-state index in [0.29, 0.717) is 16.5 Å². The third kappa shape index (κ3) is 4.44. The fourth-order valence-corrected chi connectivity index (χ4v) is 3.18. The van der Waals surface area contributed by atoms with Gasteiger partial charge in [-0.2, -0.15) is 0 Å². The first-order valence-corrected chi connectivity index (χ1v) is 9.59. The summed E-state index contributed by atoms with van der Waals surface area (Å²) in [7, 11) is 1.65. The Bertz CT molecular complexity index is 1100. The fraction of sp³-hybridized carbons (Fsp3) is 0.125. The second kappa shape index (κ2) is 8.41. The summed E-state index contributed by atoms with van der Waals surface area (Å²) < 4.78 is 16.7. The number of aromatic nitrogens is 1. The van der Waals surface area contributed by atoms with E-state index in [4.69, 9.17) is 25.6 Å². The predicted molar refractivity (Wildman–Crippen MR) is 114 cm³/mol. The lowest BCUT2D eigenvalue weighted by molar-refractivity contribution is 0.250. The number of hydrogen-bond donors (Lipinski definition) is 0. The van der Waals surface area contributed by atoms with Crippen molar-refractivity contribution in [2.24, 2.45) is 0 Å². The van der Waals surface area contributed by atoms with E-state index in [1.54, 1.807) is 13.2 Å². The number of nitrogens with zero attached hydrogens (tertiary/aromatic N) is 1. The molecule has 0 radical (unpaired) electrons. The molecule has 146 valence electrons. The molecule has 1 aromatic heterocycles. The highest BCUT2D eigenvalue weighted by Gasteiger charge is 2.11. The highest BCUT2D eigenvalue weighted by Crippen LogP contribution is 2.34. The van der Waals surface area contributed by atoms with Gasteiger partial charge in [-0.15, -0.1) is 0 Å². The summed E-state index contributed by atoms with van der Waals surface area (Å²) in [6, 6.07) is 23.4. The second-order valence-corrected chi connectivity index (χ2v) is 7.14. The summed E-state index contributed by atoms with van der Waals surface area (Å²) in [6.07, 6.45) is 0. The van der Waals surface area contributed by atoms with Crippen molar-refractivity contribution in [2.75, 3.05) is 7.11 Å². The van der Waals surface area contributed by atoms with E-state index in [0.717, 1.165) is 28.1 Å². The van der Waals surface area contributed by atoms with Crippen molar-refractivity contribution < 1.29 is 14.0 Å². The average Bonchev–Trinajstić information content (AvgIpc) is 3.22. The van der Waals surface area contributed by atoms with Gasteiger partial charge < -0.3 is 14.0 Å². The zero-order valence-corrected chi connectivity index (χ0v) is 16.9. The van der Waals surface area contributed by atoms with Crippen molar-refractivity contribution in [1.82, 2.24) is 5.16 Å². The molecule has 1 heterocycles. The van der Waals surface area contributed by atoms with Crippen LogP contribution in [0.5, 0.6) is 11.5 Å². The maximum absolute atomic E-state index is 6.19. The first-order valence-electron chi connectivity index (χ1n) is 9.22. The van der Waals surface area contributed by atoms with Gasteiger partial charge in [-0.05, 0) is 42.8 Å². The third-order valence-electron chi connectivity index (χ3n) is 4.62. The van der Waals surface area contributed by atoms with Gasteiger partial charge in [0.15, 0.2) is 5.76 Å². The van der Waals surface area contributed by atoms with E-state index in [-0.39, 0.29) is 6.61 Å². The molecule has 0 atom stereocenters. The van der Waals surface area contributed by atoms with Crippen LogP contribution in [0.4, 0.5) is 0 Å². The summed E-state index contributed by atoms with van der Waals surface area (Å²) in [5, 5.41) is 4.76. The van der Waals surface area contributed by atoms with Crippen molar-refractivity contribution in [2.45, 2.75) is 13.5 Å². The minimum Gasteiger partial charge on any atom is -0.497 e. The minimum atomic E-state index is 0.252. The summed E-state index contributed by atoms with van der Waals surface area (Å²) in [4.78, 5) is 0. The number of aryl methyl sites for hydroxylation is 1. The Hall–Kier alpha value is -3.24. The van der Waals surface area contributed by atoms with Crippen LogP contribution in [0, 0.1) is 6.92 Å². The molecule has 0 aliphatic carbocycles. The van der Waals surface area contributed by atoms with Crippen LogP contribution in [0.2, 0.25) is 5.02 Å². The standard InChI is InChI=1S/C24H20ClNO3/c1-16-3-5-18(6-4-16)23-14-21(29-26-23)15-28-24-13-19(25)9-12-22(24)17-7-10-20(27-2)11-8-17/h3-14H,15H2,1-2H3. The number of hydrogen-bond acceptors (Lipinski definition) is 4. The van der Waals surface area contributed by atoms with Crippen LogP contribution in [0.25, 0.3) is 22.4 Å². The smallest absolute Gasteiger partial charge is 0.174 e. The molecule has 4 nitrogen and oxygen atoms in total. The largest absolute Gasteiger partial charge is 0.497 e. The van der Waals surface area contributed by atoms with Gasteiger partial charge in [0.2, 0.25) is 0 Å². The number of rotatable bonds is 6. The van der Waals surface area contributed by atoms with Crippen LogP contribution < -0.4 is 9.47 Å². The third-order valence-corrected chi connectivity index (χ3v) is 4.86. The van der Waals surface area contributed by atoms with Crippen LogP contribution in [-0.2, 0) is 6.61 Å². The van der Waals surface area contributed by atoms with Crippen LogP contribution in [0.1, 0.15) is 11.3 Å². The Labute approximate surface area is 174 Å². The molecule has 0 aliphatic rings. The number of halogens is 1. The van der Waals surface area contributed by atoms with Gasteiger partial charge >= 0.3 is 0 Å². The van der Waals surface area contributed by atoms with E-state index in [1.807, 2.05) is 66.7 Å². The van der Waals surface area contributed by atoms with Gasteiger partial charge in [0.05, 0.1) is 7.11 Å². The summed E-state index contributed by atoms with van der Waals surface area (Å²) in [5.74, 6) is 2.12. The van der Waals surface area contributed by atoms with Crippen LogP contribution in [0.15, 0.2) is 77.3 Å². The molecule has 4 rings (SSSR count). The average molecular weight is 406 g/mol. The number of benzene rings is 3. The summed E-state index contributed by atoms with van der Waals surface area (Å²) in [5.41, 5.74) is 4.94. The van der Waals surface area contributed by atoms with Crippen LogP contribution in [0.3, 0.4) is 0 Å². The van der Waals surface area contributed by atoms with Gasteiger partial charge in [0.1, 0.15) is 23.8 Å². The first-order chi connectivity index (χ1) is 14.1. The Morgan fingerprint density at radius 1 is 0.897 bits per heavy atom. The van der Waals surface area contributed by atoms with E-state index >= 15 is 0 Å². The van der Waals surface area contributed by atoms with E-state index in [1.165, 1.54) is 5.56 Å². The Morgan fingerprint density at radius 3 is 2.34 bits per heavy atom. The molecule has 0 unspecified atom stereocenters. The molecular formula is C24H20ClNO3. The molecule has 0 spiro atoms. The van der Waals surface area contributed by atoms with Gasteiger partial charge in [-0.25, -0.2) is 0 Å². The molecule has 0 N–H and O–H groups in total. The maximum atomic E-state index is 6.19. The molecule has 0 fully saturated rings. The summed E-state index contributed by atoms with van der Waals surface area (Å²) >= 11 is 6.19. The maximum Gasteiger partial charge on any atom is 0.174 e. The quantitative estimate of drug-likeness (QED) is 0.364. The molecular weight excluding hydrogens is 386 g/mol. The molecule has 0 bridgehead atoms. The van der Waals surface area contributed by atoms with Crippen molar-refractivity contribution in [3.05, 3.63) is 89.1 Å². The van der Waals surface area contributed by atoms with Gasteiger partial charge in [0, 0.05) is 22.2 Å². The van der Waals surface area contributed by atoms with Gasteiger partial charge in [-0.3, -0.25) is 0 Å². The normalized spacial score (nSPS) is 10.7. The molecule has 5 heteroatoms. The predicted octanol–water partition coefficient (Wildman–Crippen LogP) is 6.56. The van der Waals surface area contributed by atoms with Gasteiger partial charge in [0.25, 0.3) is 0 Å². The zero-order chi connectivity index (χ0) is 20.2. The molecule has 4 aromatic rings. The highest BCUT2D eigenvalue weighted by molar-refractivity contribution is 6.30. The molecule has 3 aromatic carbocycles. The van der Waals surface area contributed by atoms with Crippen molar-refractivity contribution in [1.29, 1.82) is 0 Å². The monoisotopic (exact) mass is 405 g/mol. The molecule has 0 aliphatic heterocycles. The Balaban J connectivity index is 1.54. The molecule has 0 amide bonds. The van der Waals surface area contributed by atoms with Crippen molar-refractivity contribution in [3.63, 3.8) is 0 Å². The molecule has 0 saturated carbocycles. The minimum absolute atomic E-state index is 0.252. The van der Waals surface area contributed by atoms with E-state index in [9.17, 15) is 0 Å². The SMILES string of the molecule is COc1ccc(-c2ccc(Cl)cc2OCc2cc(-c3ccc(C)cc3)no2)cc1. The number of methoxy groups -OCH3 is 1. The Morgan fingerprint density at radius 2 is 1.62 bits per heavy atom. The first kappa shape index (κ1) is 19.1. The molecule has 29 heavy (non-hydrogen) atoms. The lowest BCUT2D eigenvalue weighted by atomic mass is 10.0. The highest BCUT2D eigenvalue weighted by atomic mass is 35.5. The lowest BCUT2D eigenvalue weighted by Crippen LogP contribution is -1.96. The van der Waals surface area contributed by atoms with E-state index < -0.39 is 0 Å². The molecule has 0 saturated heterocycles. The van der Waals surface area contributed by atoms with Crippen LogP contribution in [-0.4, -0.2) is 12.3 Å². The number of ether oxygens (including phenoxy) is 2. The lowest BCUT2D eigenvalue weighted by Gasteiger charge is -2.11. The van der Waals surface area contributed by atoms with Crippen molar-refractivity contribution in [3.8, 4) is 33.9 Å². The van der Waals surface area contributed by atoms with Gasteiger partial charge in [-0.1, -0.05) is 58.7 Å². The second-order valence-electron chi connectivity index (χ2n) is 6.70. The topological polar surface area (TPSA) is 44.5 Å². The van der Waals surface area contributed by atoms with E-state index in [2.05, 4.69) is 12.1 Å². The summed E-state index contributed by atoms with van der Waals surface area (Å²) in [6.45, 7) is 2.31. The fourth-order valence-electron chi connectivity index (χ4n) is 3.01. The zero-order valence-electron chi connectivity index (χ0n) is 16.2. The van der Waals surface area contributed by atoms with Crippen LogP contribution >= 0.6 is 11.6 Å².